The van der Waals surface area contributed by atoms with Crippen molar-refractivity contribution in [2.45, 2.75) is 25.1 Å². The Morgan fingerprint density at radius 1 is 1.36 bits per heavy atom. The number of hydrogen-bond donors (Lipinski definition) is 3. The maximum Gasteiger partial charge on any atom is 0.433 e. The lowest BCUT2D eigenvalue weighted by Gasteiger charge is -2.60. The van der Waals surface area contributed by atoms with E-state index < -0.39 is 18.0 Å². The van der Waals surface area contributed by atoms with Gasteiger partial charge in [-0.05, 0) is 49.2 Å². The Morgan fingerprint density at radius 3 is 2.56 bits per heavy atom. The number of nitrogens with two attached hydrogens (primary N) is 2. The molecule has 1 atom stereocenters. The van der Waals surface area contributed by atoms with Gasteiger partial charge < -0.3 is 21.5 Å². The van der Waals surface area contributed by atoms with Gasteiger partial charge in [0.25, 0.3) is 0 Å². The molecular formula is C17H21F3N4O. The maximum absolute atomic E-state index is 12.5. The first-order valence-corrected chi connectivity index (χ1v) is 8.04. The van der Waals surface area contributed by atoms with Gasteiger partial charge in [-0.1, -0.05) is 0 Å². The Balaban J connectivity index is 1.52. The Bertz CT molecular complexity index is 670. The van der Waals surface area contributed by atoms with Crippen LogP contribution in [0, 0.1) is 11.3 Å². The van der Waals surface area contributed by atoms with Crippen LogP contribution in [0.2, 0.25) is 0 Å². The first-order valence-electron chi connectivity index (χ1n) is 8.04. The normalized spacial score (nSPS) is 22.1. The van der Waals surface area contributed by atoms with Crippen LogP contribution < -0.4 is 16.4 Å². The van der Waals surface area contributed by atoms with E-state index in [9.17, 15) is 18.3 Å². The Morgan fingerprint density at radius 2 is 2.04 bits per heavy atom. The number of halogens is 3. The second kappa shape index (κ2) is 6.25. The summed E-state index contributed by atoms with van der Waals surface area (Å²) < 4.78 is 37.6. The average molecular weight is 354 g/mol. The van der Waals surface area contributed by atoms with Gasteiger partial charge in [-0.2, -0.15) is 13.2 Å². The first-order chi connectivity index (χ1) is 11.7. The Hall–Kier alpha value is -2.22. The molecule has 2 aliphatic rings. The van der Waals surface area contributed by atoms with E-state index in [0.29, 0.717) is 11.4 Å². The fourth-order valence-electron chi connectivity index (χ4n) is 3.76. The standard InChI is InChI=1S/C17H21F3N4O/c18-17(19,20)14-4-3-12(8-23-14)24-9-16(10-24)6-11(7-16)15(25)13(22)2-1-5-21/h1-5,8,11,15,25H,6-7,9-10,21-22H2/b5-1-,13-2-. The average Bonchev–Trinajstić information content (AvgIpc) is 2.49. The number of alkyl halides is 3. The van der Waals surface area contributed by atoms with Crippen LogP contribution in [0.1, 0.15) is 18.5 Å². The number of rotatable bonds is 4. The molecule has 5 N–H and O–H groups in total. The van der Waals surface area contributed by atoms with Crippen molar-refractivity contribution in [3.05, 3.63) is 48.1 Å². The summed E-state index contributed by atoms with van der Waals surface area (Å²) in [6.45, 7) is 1.52. The van der Waals surface area contributed by atoms with E-state index in [-0.39, 0.29) is 11.3 Å². The second-order valence-electron chi connectivity index (χ2n) is 6.92. The molecule has 1 saturated carbocycles. The summed E-state index contributed by atoms with van der Waals surface area (Å²) in [5, 5.41) is 10.2. The molecule has 0 radical (unpaired) electrons. The molecule has 1 aromatic heterocycles. The molecule has 0 amide bonds. The molecule has 25 heavy (non-hydrogen) atoms. The molecule has 136 valence electrons. The van der Waals surface area contributed by atoms with Gasteiger partial charge in [-0.3, -0.25) is 0 Å². The third-order valence-electron chi connectivity index (χ3n) is 5.03. The molecule has 8 heteroatoms. The van der Waals surface area contributed by atoms with E-state index in [2.05, 4.69) is 4.98 Å². The molecule has 0 bridgehead atoms. The predicted molar refractivity (Wildman–Crippen MR) is 88.2 cm³/mol. The highest BCUT2D eigenvalue weighted by atomic mass is 19.4. The second-order valence-corrected chi connectivity index (χ2v) is 6.92. The SMILES string of the molecule is N/C=C\C=C(/N)C(O)C1CC2(C1)CN(c1ccc(C(F)(F)F)nc1)C2. The minimum absolute atomic E-state index is 0.107. The summed E-state index contributed by atoms with van der Waals surface area (Å²) >= 11 is 0. The van der Waals surface area contributed by atoms with E-state index in [1.54, 1.807) is 12.2 Å². The predicted octanol–water partition coefficient (Wildman–Crippen LogP) is 1.99. The third kappa shape index (κ3) is 3.44. The van der Waals surface area contributed by atoms with E-state index in [4.69, 9.17) is 11.5 Å². The maximum atomic E-state index is 12.5. The summed E-state index contributed by atoms with van der Waals surface area (Å²) in [6.07, 6.45) is 2.37. The van der Waals surface area contributed by atoms with Crippen LogP contribution in [-0.4, -0.2) is 29.3 Å². The van der Waals surface area contributed by atoms with Crippen molar-refractivity contribution in [1.29, 1.82) is 0 Å². The van der Waals surface area contributed by atoms with Crippen LogP contribution in [0.5, 0.6) is 0 Å². The van der Waals surface area contributed by atoms with Crippen LogP contribution in [0.15, 0.2) is 42.4 Å². The lowest BCUT2D eigenvalue weighted by molar-refractivity contribution is -0.141. The molecule has 1 spiro atoms. The molecule has 2 heterocycles. The van der Waals surface area contributed by atoms with Crippen molar-refractivity contribution in [1.82, 2.24) is 4.98 Å². The zero-order chi connectivity index (χ0) is 18.2. The number of aliphatic hydroxyl groups is 1. The van der Waals surface area contributed by atoms with Gasteiger partial charge in [0.1, 0.15) is 5.69 Å². The summed E-state index contributed by atoms with van der Waals surface area (Å²) in [4.78, 5) is 5.50. The van der Waals surface area contributed by atoms with Gasteiger partial charge in [0.2, 0.25) is 0 Å². The highest BCUT2D eigenvalue weighted by Crippen LogP contribution is 2.54. The summed E-state index contributed by atoms with van der Waals surface area (Å²) in [5.41, 5.74) is 11.4. The molecule has 1 aliphatic heterocycles. The van der Waals surface area contributed by atoms with Crippen LogP contribution in [0.25, 0.3) is 0 Å². The van der Waals surface area contributed by atoms with Crippen LogP contribution in [0.4, 0.5) is 18.9 Å². The number of allylic oxidation sites excluding steroid dienone is 2. The number of pyridine rings is 1. The summed E-state index contributed by atoms with van der Waals surface area (Å²) in [7, 11) is 0. The van der Waals surface area contributed by atoms with Crippen molar-refractivity contribution in [3.8, 4) is 0 Å². The third-order valence-corrected chi connectivity index (χ3v) is 5.03. The molecule has 3 rings (SSSR count). The quantitative estimate of drug-likeness (QED) is 0.720. The van der Waals surface area contributed by atoms with Gasteiger partial charge in [-0.15, -0.1) is 0 Å². The smallest absolute Gasteiger partial charge is 0.405 e. The Kier molecular flexibility index (Phi) is 4.40. The molecule has 1 aromatic rings. The topological polar surface area (TPSA) is 88.4 Å². The van der Waals surface area contributed by atoms with Crippen molar-refractivity contribution >= 4 is 5.69 Å². The van der Waals surface area contributed by atoms with Crippen molar-refractivity contribution in [2.24, 2.45) is 22.8 Å². The molecule has 1 unspecified atom stereocenters. The summed E-state index contributed by atoms with van der Waals surface area (Å²) in [5.74, 6) is 0.107. The molecule has 0 aromatic carbocycles. The zero-order valence-corrected chi connectivity index (χ0v) is 13.6. The molecular weight excluding hydrogens is 333 g/mol. The number of aromatic nitrogens is 1. The largest absolute Gasteiger partial charge is 0.433 e. The molecule has 1 saturated heterocycles. The molecule has 1 aliphatic carbocycles. The first kappa shape index (κ1) is 17.6. The van der Waals surface area contributed by atoms with Gasteiger partial charge in [0, 0.05) is 24.2 Å². The minimum Gasteiger partial charge on any atom is -0.405 e. The fourth-order valence-corrected chi connectivity index (χ4v) is 3.76. The summed E-state index contributed by atoms with van der Waals surface area (Å²) in [6, 6.07) is 2.46. The van der Waals surface area contributed by atoms with E-state index in [0.717, 1.165) is 32.0 Å². The van der Waals surface area contributed by atoms with Crippen molar-refractivity contribution < 1.29 is 18.3 Å². The monoisotopic (exact) mass is 354 g/mol. The van der Waals surface area contributed by atoms with Crippen LogP contribution in [-0.2, 0) is 6.18 Å². The van der Waals surface area contributed by atoms with Gasteiger partial charge >= 0.3 is 6.18 Å². The van der Waals surface area contributed by atoms with E-state index in [1.807, 2.05) is 4.90 Å². The van der Waals surface area contributed by atoms with Crippen molar-refractivity contribution in [2.75, 3.05) is 18.0 Å². The lowest BCUT2D eigenvalue weighted by atomic mass is 9.56. The Labute approximate surface area is 143 Å². The minimum atomic E-state index is -4.42. The van der Waals surface area contributed by atoms with E-state index >= 15 is 0 Å². The van der Waals surface area contributed by atoms with Crippen LogP contribution in [0.3, 0.4) is 0 Å². The fraction of sp³-hybridized carbons (Fsp3) is 0.471. The number of aliphatic hydroxyl groups excluding tert-OH is 1. The van der Waals surface area contributed by atoms with Gasteiger partial charge in [0.15, 0.2) is 0 Å². The molecule has 2 fully saturated rings. The van der Waals surface area contributed by atoms with Gasteiger partial charge in [0.05, 0.1) is 18.0 Å². The number of hydrogen-bond acceptors (Lipinski definition) is 5. The van der Waals surface area contributed by atoms with Gasteiger partial charge in [-0.25, -0.2) is 4.98 Å². The number of nitrogens with zero attached hydrogens (tertiary/aromatic N) is 2. The number of anilines is 1. The van der Waals surface area contributed by atoms with E-state index in [1.165, 1.54) is 18.5 Å². The highest BCUT2D eigenvalue weighted by molar-refractivity contribution is 5.49. The van der Waals surface area contributed by atoms with Crippen molar-refractivity contribution in [3.63, 3.8) is 0 Å². The zero-order valence-electron chi connectivity index (χ0n) is 13.6. The lowest BCUT2D eigenvalue weighted by Crippen LogP contribution is -2.64. The molecule has 5 nitrogen and oxygen atoms in total. The highest BCUT2D eigenvalue weighted by Gasteiger charge is 2.54. The van der Waals surface area contributed by atoms with Crippen LogP contribution >= 0.6 is 0 Å².